The highest BCUT2D eigenvalue weighted by Gasteiger charge is 2.10. The molecule has 0 aromatic heterocycles. The summed E-state index contributed by atoms with van der Waals surface area (Å²) in [6.07, 6.45) is 2.23. The average molecular weight is 293 g/mol. The molecule has 0 spiro atoms. The molecule has 0 radical (unpaired) electrons. The van der Waals surface area contributed by atoms with Gasteiger partial charge in [-0.3, -0.25) is 0 Å². The predicted octanol–water partition coefficient (Wildman–Crippen LogP) is 4.33. The summed E-state index contributed by atoms with van der Waals surface area (Å²) in [6.45, 7) is 12.8. The lowest BCUT2D eigenvalue weighted by Crippen LogP contribution is -2.23. The normalized spacial score (nSPS) is 13.2. The molecule has 3 heteroatoms. The quantitative estimate of drug-likeness (QED) is 0.687. The van der Waals surface area contributed by atoms with Crippen LogP contribution in [0.1, 0.15) is 59.1 Å². The molecule has 1 aromatic rings. The molecular weight excluding hydrogens is 262 g/mol. The third-order valence-electron chi connectivity index (χ3n) is 3.20. The van der Waals surface area contributed by atoms with Crippen LogP contribution in [0.4, 0.5) is 0 Å². The average Bonchev–Trinajstić information content (AvgIpc) is 2.44. The minimum atomic E-state index is -0.109. The fourth-order valence-corrected chi connectivity index (χ4v) is 2.14. The molecule has 0 saturated carbocycles. The number of hydrogen-bond acceptors (Lipinski definition) is 3. The van der Waals surface area contributed by atoms with Gasteiger partial charge in [0.15, 0.2) is 0 Å². The van der Waals surface area contributed by atoms with Gasteiger partial charge < -0.3 is 14.8 Å². The Morgan fingerprint density at radius 2 is 1.90 bits per heavy atom. The number of benzene rings is 1. The molecule has 21 heavy (non-hydrogen) atoms. The van der Waals surface area contributed by atoms with Crippen molar-refractivity contribution in [2.75, 3.05) is 19.8 Å². The van der Waals surface area contributed by atoms with E-state index in [1.807, 2.05) is 6.07 Å². The van der Waals surface area contributed by atoms with Crippen LogP contribution < -0.4 is 10.1 Å². The van der Waals surface area contributed by atoms with Crippen LogP contribution in [-0.2, 0) is 4.74 Å². The lowest BCUT2D eigenvalue weighted by Gasteiger charge is -2.20. The Morgan fingerprint density at radius 3 is 2.52 bits per heavy atom. The minimum absolute atomic E-state index is 0.109. The first kappa shape index (κ1) is 18.0. The number of ether oxygens (including phenoxy) is 2. The van der Waals surface area contributed by atoms with Crippen molar-refractivity contribution >= 4 is 0 Å². The summed E-state index contributed by atoms with van der Waals surface area (Å²) in [7, 11) is 0. The summed E-state index contributed by atoms with van der Waals surface area (Å²) >= 11 is 0. The maximum atomic E-state index is 5.79. The van der Waals surface area contributed by atoms with Gasteiger partial charge >= 0.3 is 0 Å². The van der Waals surface area contributed by atoms with Gasteiger partial charge in [-0.2, -0.15) is 0 Å². The molecule has 1 unspecified atom stereocenters. The maximum Gasteiger partial charge on any atom is 0.119 e. The van der Waals surface area contributed by atoms with Crippen molar-refractivity contribution in [3.8, 4) is 5.75 Å². The fourth-order valence-electron chi connectivity index (χ4n) is 2.14. The molecule has 120 valence electrons. The van der Waals surface area contributed by atoms with Gasteiger partial charge in [0.2, 0.25) is 0 Å². The lowest BCUT2D eigenvalue weighted by molar-refractivity contribution is -0.0163. The Labute approximate surface area is 130 Å². The van der Waals surface area contributed by atoms with Crippen molar-refractivity contribution < 1.29 is 9.47 Å². The Hall–Kier alpha value is -1.06. The van der Waals surface area contributed by atoms with Crippen LogP contribution in [0.2, 0.25) is 0 Å². The van der Waals surface area contributed by atoms with Gasteiger partial charge in [-0.25, -0.2) is 0 Å². The van der Waals surface area contributed by atoms with Gasteiger partial charge in [-0.15, -0.1) is 0 Å². The van der Waals surface area contributed by atoms with Crippen molar-refractivity contribution in [3.05, 3.63) is 29.8 Å². The van der Waals surface area contributed by atoms with E-state index >= 15 is 0 Å². The van der Waals surface area contributed by atoms with Crippen LogP contribution in [-0.4, -0.2) is 25.4 Å². The van der Waals surface area contributed by atoms with E-state index in [2.05, 4.69) is 58.1 Å². The fraction of sp³-hybridized carbons (Fsp3) is 0.667. The van der Waals surface area contributed by atoms with E-state index in [0.29, 0.717) is 19.3 Å². The molecule has 3 nitrogen and oxygen atoms in total. The third-order valence-corrected chi connectivity index (χ3v) is 3.20. The number of nitrogens with one attached hydrogen (secondary N) is 1. The van der Waals surface area contributed by atoms with E-state index in [1.165, 1.54) is 5.56 Å². The standard InChI is InChI=1S/C18H31NO2/c1-6-11-19-17(7-2)15-9-8-10-16(14-15)20-12-13-21-18(3,4)5/h8-10,14,17,19H,6-7,11-13H2,1-5H3. The van der Waals surface area contributed by atoms with Gasteiger partial charge in [-0.1, -0.05) is 26.0 Å². The molecule has 0 saturated heterocycles. The topological polar surface area (TPSA) is 30.5 Å². The maximum absolute atomic E-state index is 5.79. The summed E-state index contributed by atoms with van der Waals surface area (Å²) in [6, 6.07) is 8.77. The smallest absolute Gasteiger partial charge is 0.119 e. The monoisotopic (exact) mass is 293 g/mol. The van der Waals surface area contributed by atoms with Crippen molar-refractivity contribution in [1.29, 1.82) is 0 Å². The Morgan fingerprint density at radius 1 is 1.14 bits per heavy atom. The van der Waals surface area contributed by atoms with Gasteiger partial charge in [0.25, 0.3) is 0 Å². The SMILES string of the molecule is CCCNC(CC)c1cccc(OCCOC(C)(C)C)c1. The molecule has 1 rings (SSSR count). The number of rotatable bonds is 9. The van der Waals surface area contributed by atoms with E-state index in [4.69, 9.17) is 9.47 Å². The zero-order valence-corrected chi connectivity index (χ0v) is 14.2. The summed E-state index contributed by atoms with van der Waals surface area (Å²) in [5.74, 6) is 0.918. The van der Waals surface area contributed by atoms with Gasteiger partial charge in [0.1, 0.15) is 12.4 Å². The van der Waals surface area contributed by atoms with Gasteiger partial charge in [-0.05, 0) is 57.9 Å². The third kappa shape index (κ3) is 7.49. The lowest BCUT2D eigenvalue weighted by atomic mass is 10.0. The molecule has 0 fully saturated rings. The highest BCUT2D eigenvalue weighted by Crippen LogP contribution is 2.21. The van der Waals surface area contributed by atoms with E-state index in [9.17, 15) is 0 Å². The second-order valence-corrected chi connectivity index (χ2v) is 6.30. The first-order valence-electron chi connectivity index (χ1n) is 8.06. The second-order valence-electron chi connectivity index (χ2n) is 6.30. The van der Waals surface area contributed by atoms with Crippen LogP contribution in [0.5, 0.6) is 5.75 Å². The van der Waals surface area contributed by atoms with Crippen molar-refractivity contribution in [2.24, 2.45) is 0 Å². The summed E-state index contributed by atoms with van der Waals surface area (Å²) in [5, 5.41) is 3.57. The van der Waals surface area contributed by atoms with Crippen LogP contribution in [0, 0.1) is 0 Å². The molecule has 1 aromatic carbocycles. The van der Waals surface area contributed by atoms with Crippen LogP contribution >= 0.6 is 0 Å². The summed E-state index contributed by atoms with van der Waals surface area (Å²) in [4.78, 5) is 0. The predicted molar refractivity (Wildman–Crippen MR) is 89.0 cm³/mol. The molecule has 0 aliphatic rings. The Kier molecular flexibility index (Phi) is 7.76. The van der Waals surface area contributed by atoms with Gasteiger partial charge in [0, 0.05) is 6.04 Å². The van der Waals surface area contributed by atoms with Crippen LogP contribution in [0.15, 0.2) is 24.3 Å². The van der Waals surface area contributed by atoms with E-state index < -0.39 is 0 Å². The van der Waals surface area contributed by atoms with Crippen LogP contribution in [0.25, 0.3) is 0 Å². The second kappa shape index (κ2) is 9.06. The molecule has 0 aliphatic carbocycles. The molecule has 0 bridgehead atoms. The van der Waals surface area contributed by atoms with Crippen molar-refractivity contribution in [2.45, 2.75) is 59.1 Å². The zero-order chi connectivity index (χ0) is 15.7. The minimum Gasteiger partial charge on any atom is -0.491 e. The number of hydrogen-bond donors (Lipinski definition) is 1. The molecule has 1 N–H and O–H groups in total. The van der Waals surface area contributed by atoms with E-state index in [-0.39, 0.29) is 5.60 Å². The van der Waals surface area contributed by atoms with Crippen molar-refractivity contribution in [3.63, 3.8) is 0 Å². The molecule has 0 amide bonds. The Balaban J connectivity index is 2.51. The zero-order valence-electron chi connectivity index (χ0n) is 14.2. The first-order chi connectivity index (χ1) is 9.96. The Bertz CT molecular complexity index is 398. The first-order valence-corrected chi connectivity index (χ1v) is 8.06. The summed E-state index contributed by atoms with van der Waals surface area (Å²) in [5.41, 5.74) is 1.18. The highest BCUT2D eigenvalue weighted by atomic mass is 16.5. The van der Waals surface area contributed by atoms with Gasteiger partial charge in [0.05, 0.1) is 12.2 Å². The van der Waals surface area contributed by atoms with E-state index in [1.54, 1.807) is 0 Å². The molecule has 1 atom stereocenters. The van der Waals surface area contributed by atoms with Crippen LogP contribution in [0.3, 0.4) is 0 Å². The summed E-state index contributed by atoms with van der Waals surface area (Å²) < 4.78 is 11.5. The molecule has 0 heterocycles. The molecule has 0 aliphatic heterocycles. The highest BCUT2D eigenvalue weighted by molar-refractivity contribution is 5.30. The largest absolute Gasteiger partial charge is 0.491 e. The van der Waals surface area contributed by atoms with Crippen molar-refractivity contribution in [1.82, 2.24) is 5.32 Å². The molecular formula is C18H31NO2. The van der Waals surface area contributed by atoms with E-state index in [0.717, 1.165) is 25.1 Å².